The zero-order valence-electron chi connectivity index (χ0n) is 19.5. The van der Waals surface area contributed by atoms with Crippen molar-refractivity contribution in [2.24, 2.45) is 0 Å². The third-order valence-electron chi connectivity index (χ3n) is 6.14. The Hall–Kier alpha value is -3.85. The second-order valence-electron chi connectivity index (χ2n) is 8.32. The number of benzene rings is 1. The van der Waals surface area contributed by atoms with Crippen LogP contribution in [-0.4, -0.2) is 55.9 Å². The monoisotopic (exact) mass is 496 g/mol. The summed E-state index contributed by atoms with van der Waals surface area (Å²) >= 11 is 6.23. The Balaban J connectivity index is 1.80. The molecular formula is C25H25ClN4O5. The zero-order chi connectivity index (χ0) is 25.3. The van der Waals surface area contributed by atoms with Crippen molar-refractivity contribution >= 4 is 35.0 Å². The highest BCUT2D eigenvalue weighted by Crippen LogP contribution is 2.41. The molecule has 9 nitrogen and oxygen atoms in total. The molecule has 0 bridgehead atoms. The SMILES string of the molecule is COC(=O)c1[nH]c(C)c(/C(O)=C2\C(=O)C(=O)N(CCCn3ccnc3)C2c2cccc(Cl)c2)c1C. The molecule has 2 aromatic heterocycles. The lowest BCUT2D eigenvalue weighted by Gasteiger charge is -2.25. The number of nitrogens with zero attached hydrogens (tertiary/aromatic N) is 3. The molecule has 1 fully saturated rings. The number of ether oxygens (including phenoxy) is 1. The first-order valence-corrected chi connectivity index (χ1v) is 11.4. The maximum atomic E-state index is 13.3. The van der Waals surface area contributed by atoms with Crippen LogP contribution in [-0.2, 0) is 20.9 Å². The lowest BCUT2D eigenvalue weighted by atomic mass is 9.94. The number of aryl methyl sites for hydroxylation is 2. The minimum absolute atomic E-state index is 0.0542. The summed E-state index contributed by atoms with van der Waals surface area (Å²) < 4.78 is 6.69. The van der Waals surface area contributed by atoms with Gasteiger partial charge in [0, 0.05) is 41.8 Å². The van der Waals surface area contributed by atoms with Crippen LogP contribution in [0.2, 0.25) is 5.02 Å². The fourth-order valence-corrected chi connectivity index (χ4v) is 4.72. The van der Waals surface area contributed by atoms with E-state index in [4.69, 9.17) is 16.3 Å². The summed E-state index contributed by atoms with van der Waals surface area (Å²) in [4.78, 5) is 46.9. The largest absolute Gasteiger partial charge is 0.507 e. The lowest BCUT2D eigenvalue weighted by molar-refractivity contribution is -0.139. The van der Waals surface area contributed by atoms with E-state index in [2.05, 4.69) is 9.97 Å². The minimum Gasteiger partial charge on any atom is -0.507 e. The van der Waals surface area contributed by atoms with Crippen molar-refractivity contribution < 1.29 is 24.2 Å². The van der Waals surface area contributed by atoms with Gasteiger partial charge in [-0.25, -0.2) is 9.78 Å². The maximum Gasteiger partial charge on any atom is 0.354 e. The predicted molar refractivity (Wildman–Crippen MR) is 129 cm³/mol. The Morgan fingerprint density at radius 2 is 2.03 bits per heavy atom. The Bertz CT molecular complexity index is 1330. The molecule has 0 saturated carbocycles. The minimum atomic E-state index is -0.841. The van der Waals surface area contributed by atoms with E-state index in [-0.39, 0.29) is 29.1 Å². The van der Waals surface area contributed by atoms with E-state index in [1.807, 2.05) is 10.8 Å². The molecule has 1 atom stereocenters. The molecule has 0 spiro atoms. The van der Waals surface area contributed by atoms with Crippen molar-refractivity contribution in [1.82, 2.24) is 19.4 Å². The number of H-pyrrole nitrogens is 1. The van der Waals surface area contributed by atoms with Crippen LogP contribution in [0.3, 0.4) is 0 Å². The number of aromatic nitrogens is 3. The number of ketones is 1. The highest BCUT2D eigenvalue weighted by atomic mass is 35.5. The van der Waals surface area contributed by atoms with E-state index in [1.54, 1.807) is 50.6 Å². The third kappa shape index (κ3) is 4.46. The zero-order valence-corrected chi connectivity index (χ0v) is 20.3. The summed E-state index contributed by atoms with van der Waals surface area (Å²) in [5.74, 6) is -2.46. The molecule has 1 unspecified atom stereocenters. The number of hydrogen-bond acceptors (Lipinski definition) is 6. The lowest BCUT2D eigenvalue weighted by Crippen LogP contribution is -2.31. The fraction of sp³-hybridized carbons (Fsp3) is 0.280. The average Bonchev–Trinajstić information content (AvgIpc) is 3.52. The number of esters is 1. The van der Waals surface area contributed by atoms with Gasteiger partial charge in [-0.3, -0.25) is 9.59 Å². The Morgan fingerprint density at radius 1 is 1.26 bits per heavy atom. The maximum absolute atomic E-state index is 13.3. The van der Waals surface area contributed by atoms with E-state index in [9.17, 15) is 19.5 Å². The first-order chi connectivity index (χ1) is 16.7. The van der Waals surface area contributed by atoms with Crippen molar-refractivity contribution in [3.63, 3.8) is 0 Å². The highest BCUT2D eigenvalue weighted by molar-refractivity contribution is 6.46. The summed E-state index contributed by atoms with van der Waals surface area (Å²) in [5, 5.41) is 11.8. The second kappa shape index (κ2) is 9.79. The van der Waals surface area contributed by atoms with Gasteiger partial charge in [-0.15, -0.1) is 0 Å². The molecule has 3 heterocycles. The summed E-state index contributed by atoms with van der Waals surface area (Å²) in [6.45, 7) is 4.18. The number of aliphatic hydroxyl groups is 1. The normalized spacial score (nSPS) is 17.3. The van der Waals surface area contributed by atoms with Crippen LogP contribution < -0.4 is 0 Å². The number of carbonyl (C=O) groups excluding carboxylic acids is 3. The number of methoxy groups -OCH3 is 1. The first kappa shape index (κ1) is 24.3. The van der Waals surface area contributed by atoms with Gasteiger partial charge in [-0.1, -0.05) is 23.7 Å². The number of amides is 1. The number of aliphatic hydroxyl groups excluding tert-OH is 1. The van der Waals surface area contributed by atoms with E-state index >= 15 is 0 Å². The molecule has 2 N–H and O–H groups in total. The number of hydrogen-bond donors (Lipinski definition) is 2. The van der Waals surface area contributed by atoms with Crippen LogP contribution >= 0.6 is 11.6 Å². The van der Waals surface area contributed by atoms with Crippen molar-refractivity contribution in [3.05, 3.63) is 81.7 Å². The van der Waals surface area contributed by atoms with Gasteiger partial charge in [0.1, 0.15) is 11.5 Å². The molecule has 3 aromatic rings. The molecule has 1 aromatic carbocycles. The first-order valence-electron chi connectivity index (χ1n) is 11.0. The van der Waals surface area contributed by atoms with Crippen LogP contribution in [0, 0.1) is 13.8 Å². The van der Waals surface area contributed by atoms with Gasteiger partial charge in [0.25, 0.3) is 11.7 Å². The van der Waals surface area contributed by atoms with Gasteiger partial charge in [0.05, 0.1) is 25.1 Å². The van der Waals surface area contributed by atoms with Gasteiger partial charge in [0.2, 0.25) is 0 Å². The molecule has 1 saturated heterocycles. The number of halogens is 1. The predicted octanol–water partition coefficient (Wildman–Crippen LogP) is 3.78. The average molecular weight is 497 g/mol. The summed E-state index contributed by atoms with van der Waals surface area (Å²) in [5.41, 5.74) is 1.88. The van der Waals surface area contributed by atoms with Crippen molar-refractivity contribution in [2.75, 3.05) is 13.7 Å². The van der Waals surface area contributed by atoms with Crippen LogP contribution in [0.1, 0.15) is 45.3 Å². The fourth-order valence-electron chi connectivity index (χ4n) is 4.52. The van der Waals surface area contributed by atoms with Crippen molar-refractivity contribution in [1.29, 1.82) is 0 Å². The molecule has 182 valence electrons. The smallest absolute Gasteiger partial charge is 0.354 e. The van der Waals surface area contributed by atoms with Crippen molar-refractivity contribution in [3.8, 4) is 0 Å². The van der Waals surface area contributed by atoms with Crippen molar-refractivity contribution in [2.45, 2.75) is 32.9 Å². The second-order valence-corrected chi connectivity index (χ2v) is 8.75. The molecule has 10 heteroatoms. The highest BCUT2D eigenvalue weighted by Gasteiger charge is 2.46. The van der Waals surface area contributed by atoms with Gasteiger partial charge in [-0.05, 0) is 43.5 Å². The summed E-state index contributed by atoms with van der Waals surface area (Å²) in [6.07, 6.45) is 5.73. The number of likely N-dealkylation sites (tertiary alicyclic amines) is 1. The standard InChI is InChI=1S/C25H25ClN4O5/c1-14-18(15(2)28-20(14)25(34)35-3)22(31)19-21(16-6-4-7-17(26)12-16)30(24(33)23(19)32)10-5-9-29-11-8-27-13-29/h4,6-8,11-13,21,28,31H,5,9-10H2,1-3H3/b22-19+. The van der Waals surface area contributed by atoms with Crippen LogP contribution in [0.15, 0.2) is 48.6 Å². The number of Topliss-reactive ketones (excluding diaryl/α,β-unsaturated/α-hetero) is 1. The Morgan fingerprint density at radius 3 is 2.69 bits per heavy atom. The van der Waals surface area contributed by atoms with Crippen LogP contribution in [0.4, 0.5) is 0 Å². The topological polar surface area (TPSA) is 118 Å². The summed E-state index contributed by atoms with van der Waals surface area (Å²) in [6, 6.07) is 6.01. The van der Waals surface area contributed by atoms with Crippen LogP contribution in [0.5, 0.6) is 0 Å². The molecular weight excluding hydrogens is 472 g/mol. The molecule has 1 amide bonds. The van der Waals surface area contributed by atoms with Gasteiger partial charge in [-0.2, -0.15) is 0 Å². The third-order valence-corrected chi connectivity index (χ3v) is 6.38. The quantitative estimate of drug-likeness (QED) is 0.222. The van der Waals surface area contributed by atoms with Crippen LogP contribution in [0.25, 0.3) is 5.76 Å². The van der Waals surface area contributed by atoms with E-state index in [0.717, 1.165) is 0 Å². The number of nitrogens with one attached hydrogen (secondary N) is 1. The number of aromatic amines is 1. The van der Waals surface area contributed by atoms with E-state index < -0.39 is 23.7 Å². The Labute approximate surface area is 207 Å². The molecule has 0 aliphatic carbocycles. The number of rotatable bonds is 7. The van der Waals surface area contributed by atoms with Gasteiger partial charge in [0.15, 0.2) is 0 Å². The molecule has 0 radical (unpaired) electrons. The van der Waals surface area contributed by atoms with E-state index in [1.165, 1.54) is 12.0 Å². The van der Waals surface area contributed by atoms with Gasteiger partial charge < -0.3 is 24.3 Å². The Kier molecular flexibility index (Phi) is 6.79. The summed E-state index contributed by atoms with van der Waals surface area (Å²) in [7, 11) is 1.26. The number of carbonyl (C=O) groups is 3. The van der Waals surface area contributed by atoms with Gasteiger partial charge >= 0.3 is 5.97 Å². The number of imidazole rings is 1. The molecule has 35 heavy (non-hydrogen) atoms. The molecule has 4 rings (SSSR count). The van der Waals surface area contributed by atoms with E-state index in [0.29, 0.717) is 34.8 Å². The molecule has 1 aliphatic heterocycles. The molecule has 1 aliphatic rings.